The number of hydrogen-bond donors (Lipinski definition) is 2. The van der Waals surface area contributed by atoms with Crippen molar-refractivity contribution in [3.05, 3.63) is 39.6 Å². The maximum absolute atomic E-state index is 12.2. The molecule has 1 aromatic carbocycles. The van der Waals surface area contributed by atoms with Crippen LogP contribution < -0.4 is 16.4 Å². The van der Waals surface area contributed by atoms with Crippen molar-refractivity contribution in [1.29, 1.82) is 0 Å². The molecule has 1 amide bonds. The Kier molecular flexibility index (Phi) is 4.74. The Balaban J connectivity index is 1.77. The predicted molar refractivity (Wildman–Crippen MR) is 107 cm³/mol. The normalized spacial score (nSPS) is 24.3. The lowest BCUT2D eigenvalue weighted by atomic mass is 9.98. The summed E-state index contributed by atoms with van der Waals surface area (Å²) in [6.07, 6.45) is 2.20. The molecule has 2 fully saturated rings. The number of aromatic nitrogens is 2. The fourth-order valence-electron chi connectivity index (χ4n) is 4.37. The minimum atomic E-state index is -0.621. The molecule has 2 aliphatic rings. The van der Waals surface area contributed by atoms with Gasteiger partial charge in [0.1, 0.15) is 5.69 Å². The summed E-state index contributed by atoms with van der Waals surface area (Å²) in [5.41, 5.74) is 13.8. The summed E-state index contributed by atoms with van der Waals surface area (Å²) >= 11 is 12.5. The molecule has 2 aromatic rings. The van der Waals surface area contributed by atoms with Crippen LogP contribution in [0.15, 0.2) is 18.2 Å². The summed E-state index contributed by atoms with van der Waals surface area (Å²) in [6.45, 7) is 3.49. The molecular formula is C19H21Cl2N5O. The number of benzene rings is 1. The Bertz CT molecular complexity index is 919. The van der Waals surface area contributed by atoms with Gasteiger partial charge in [-0.2, -0.15) is 0 Å². The van der Waals surface area contributed by atoms with E-state index in [9.17, 15) is 4.79 Å². The average molecular weight is 406 g/mol. The maximum Gasteiger partial charge on any atom is 0.268 e. The van der Waals surface area contributed by atoms with Gasteiger partial charge < -0.3 is 16.4 Å². The molecule has 1 aliphatic heterocycles. The number of carbonyl (C=O) groups is 1. The Morgan fingerprint density at radius 2 is 2.00 bits per heavy atom. The monoisotopic (exact) mass is 405 g/mol. The Labute approximate surface area is 167 Å². The molecule has 0 spiro atoms. The van der Waals surface area contributed by atoms with Crippen LogP contribution in [0.4, 0.5) is 5.95 Å². The number of aryl methyl sites for hydroxylation is 1. The number of nitrogens with two attached hydrogens (primary N) is 2. The number of carbonyl (C=O) groups excluding carboxylic acids is 1. The second-order valence-electron chi connectivity index (χ2n) is 7.37. The van der Waals surface area contributed by atoms with E-state index < -0.39 is 5.91 Å². The Morgan fingerprint density at radius 1 is 1.22 bits per heavy atom. The summed E-state index contributed by atoms with van der Waals surface area (Å²) in [6, 6.07) is 5.46. The van der Waals surface area contributed by atoms with Crippen LogP contribution in [0.2, 0.25) is 10.0 Å². The van der Waals surface area contributed by atoms with Crippen molar-refractivity contribution in [2.75, 3.05) is 18.0 Å². The van der Waals surface area contributed by atoms with Crippen molar-refractivity contribution in [2.24, 2.45) is 23.3 Å². The first-order valence-corrected chi connectivity index (χ1v) is 9.75. The first-order chi connectivity index (χ1) is 12.9. The number of amides is 1. The van der Waals surface area contributed by atoms with E-state index in [4.69, 9.17) is 34.7 Å². The minimum Gasteiger partial charge on any atom is -0.364 e. The first kappa shape index (κ1) is 18.5. The molecular weight excluding hydrogens is 385 g/mol. The number of rotatable bonds is 3. The molecule has 27 heavy (non-hydrogen) atoms. The van der Waals surface area contributed by atoms with Gasteiger partial charge in [0.05, 0.1) is 15.7 Å². The van der Waals surface area contributed by atoms with E-state index >= 15 is 0 Å². The summed E-state index contributed by atoms with van der Waals surface area (Å²) < 4.78 is 0. The second-order valence-corrected chi connectivity index (χ2v) is 8.15. The van der Waals surface area contributed by atoms with E-state index in [2.05, 4.69) is 14.9 Å². The molecule has 4 N–H and O–H groups in total. The molecule has 0 bridgehead atoms. The third-order valence-electron chi connectivity index (χ3n) is 5.73. The number of anilines is 1. The molecule has 1 aromatic heterocycles. The highest BCUT2D eigenvalue weighted by Gasteiger charge is 2.42. The molecule has 8 heteroatoms. The SMILES string of the molecule is Cc1nc(N2C[C@@H]3CCC(N)[C@H]3C2)nc(C(N)=O)c1-c1cccc(Cl)c1Cl. The summed E-state index contributed by atoms with van der Waals surface area (Å²) in [5, 5.41) is 0.747. The molecule has 1 saturated carbocycles. The third-order valence-corrected chi connectivity index (χ3v) is 6.55. The first-order valence-electron chi connectivity index (χ1n) is 9.00. The van der Waals surface area contributed by atoms with Gasteiger partial charge >= 0.3 is 0 Å². The maximum atomic E-state index is 12.2. The summed E-state index contributed by atoms with van der Waals surface area (Å²) in [5.74, 6) is 0.907. The van der Waals surface area contributed by atoms with Gasteiger partial charge in [-0.15, -0.1) is 0 Å². The highest BCUT2D eigenvalue weighted by Crippen LogP contribution is 2.40. The van der Waals surface area contributed by atoms with Crippen molar-refractivity contribution in [2.45, 2.75) is 25.8 Å². The molecule has 2 heterocycles. The smallest absolute Gasteiger partial charge is 0.268 e. The number of hydrogen-bond acceptors (Lipinski definition) is 5. The molecule has 0 radical (unpaired) electrons. The van der Waals surface area contributed by atoms with E-state index in [0.717, 1.165) is 25.9 Å². The quantitative estimate of drug-likeness (QED) is 0.817. The van der Waals surface area contributed by atoms with Crippen LogP contribution in [-0.2, 0) is 0 Å². The average Bonchev–Trinajstić information content (AvgIpc) is 3.19. The second kappa shape index (κ2) is 6.93. The fourth-order valence-corrected chi connectivity index (χ4v) is 4.76. The van der Waals surface area contributed by atoms with Gasteiger partial charge in [0.15, 0.2) is 0 Å². The van der Waals surface area contributed by atoms with Crippen LogP contribution in [0.1, 0.15) is 29.0 Å². The van der Waals surface area contributed by atoms with Gasteiger partial charge in [-0.1, -0.05) is 35.3 Å². The van der Waals surface area contributed by atoms with Crippen molar-refractivity contribution in [3.8, 4) is 11.1 Å². The van der Waals surface area contributed by atoms with Crippen LogP contribution in [0.25, 0.3) is 11.1 Å². The van der Waals surface area contributed by atoms with Crippen LogP contribution in [0.3, 0.4) is 0 Å². The van der Waals surface area contributed by atoms with Crippen LogP contribution in [0, 0.1) is 18.8 Å². The highest BCUT2D eigenvalue weighted by molar-refractivity contribution is 6.43. The van der Waals surface area contributed by atoms with E-state index in [1.54, 1.807) is 18.2 Å². The number of halogens is 2. The molecule has 1 unspecified atom stereocenters. The third kappa shape index (κ3) is 3.16. The highest BCUT2D eigenvalue weighted by atomic mass is 35.5. The molecule has 142 valence electrons. The van der Waals surface area contributed by atoms with Gasteiger partial charge in [-0.05, 0) is 37.7 Å². The number of primary amides is 1. The van der Waals surface area contributed by atoms with E-state index in [0.29, 0.717) is 44.7 Å². The van der Waals surface area contributed by atoms with Gasteiger partial charge in [-0.3, -0.25) is 4.79 Å². The zero-order chi connectivity index (χ0) is 19.3. The zero-order valence-corrected chi connectivity index (χ0v) is 16.5. The van der Waals surface area contributed by atoms with Crippen LogP contribution >= 0.6 is 23.2 Å². The Hall–Kier alpha value is -1.89. The predicted octanol–water partition coefficient (Wildman–Crippen LogP) is 3.03. The van der Waals surface area contributed by atoms with Crippen molar-refractivity contribution < 1.29 is 4.79 Å². The van der Waals surface area contributed by atoms with Crippen molar-refractivity contribution in [1.82, 2.24) is 9.97 Å². The van der Waals surface area contributed by atoms with Gasteiger partial charge in [0.25, 0.3) is 5.91 Å². The number of nitrogens with zero attached hydrogens (tertiary/aromatic N) is 3. The molecule has 6 nitrogen and oxygen atoms in total. The minimum absolute atomic E-state index is 0.156. The van der Waals surface area contributed by atoms with Crippen molar-refractivity contribution in [3.63, 3.8) is 0 Å². The zero-order valence-electron chi connectivity index (χ0n) is 15.0. The van der Waals surface area contributed by atoms with Gasteiger partial charge in [0, 0.05) is 30.3 Å². The Morgan fingerprint density at radius 3 is 2.70 bits per heavy atom. The van der Waals surface area contributed by atoms with Crippen molar-refractivity contribution >= 4 is 35.1 Å². The lowest BCUT2D eigenvalue weighted by Gasteiger charge is -2.21. The largest absolute Gasteiger partial charge is 0.364 e. The van der Waals surface area contributed by atoms with Crippen LogP contribution in [-0.4, -0.2) is 35.0 Å². The molecule has 4 rings (SSSR count). The molecule has 1 aliphatic carbocycles. The van der Waals surface area contributed by atoms with E-state index in [1.165, 1.54) is 0 Å². The number of fused-ring (bicyclic) bond motifs is 1. The van der Waals surface area contributed by atoms with Crippen LogP contribution in [0.5, 0.6) is 0 Å². The topological polar surface area (TPSA) is 98.1 Å². The molecule has 1 saturated heterocycles. The fraction of sp³-hybridized carbons (Fsp3) is 0.421. The van der Waals surface area contributed by atoms with E-state index in [-0.39, 0.29) is 11.7 Å². The lowest BCUT2D eigenvalue weighted by molar-refractivity contribution is 0.0996. The summed E-state index contributed by atoms with van der Waals surface area (Å²) in [4.78, 5) is 23.5. The van der Waals surface area contributed by atoms with Gasteiger partial charge in [0.2, 0.25) is 5.95 Å². The lowest BCUT2D eigenvalue weighted by Crippen LogP contribution is -2.31. The summed E-state index contributed by atoms with van der Waals surface area (Å²) in [7, 11) is 0. The van der Waals surface area contributed by atoms with E-state index in [1.807, 2.05) is 6.92 Å². The molecule has 3 atom stereocenters. The van der Waals surface area contributed by atoms with Gasteiger partial charge in [-0.25, -0.2) is 9.97 Å². The standard InChI is InChI=1S/C19H21Cl2N5O/c1-9-15(11-3-2-4-13(20)16(11)21)17(18(23)27)25-19(24-9)26-7-10-5-6-14(22)12(10)8-26/h2-4,10,12,14H,5-8,22H2,1H3,(H2,23,27)/t10-,12-,14?/m0/s1.